The Labute approximate surface area is 165 Å². The van der Waals surface area contributed by atoms with Crippen molar-refractivity contribution in [2.75, 3.05) is 30.3 Å². The standard InChI is InChI=1S/C24H36N2O/c1-4-5-6-7-10-19-27-22-15-13-21(14-16-22)25-17-18-26-24-12-9-8-11-23(24)20(2)3/h8-9,11-16,20,25-26H,4-7,10,17-19H2,1-3H3. The number of rotatable bonds is 13. The van der Waals surface area contributed by atoms with Crippen molar-refractivity contribution in [3.63, 3.8) is 0 Å². The van der Waals surface area contributed by atoms with Crippen molar-refractivity contribution >= 4 is 11.4 Å². The Balaban J connectivity index is 1.65. The lowest BCUT2D eigenvalue weighted by Crippen LogP contribution is -2.14. The van der Waals surface area contributed by atoms with Crippen LogP contribution in [-0.4, -0.2) is 19.7 Å². The van der Waals surface area contributed by atoms with Crippen LogP contribution in [0.4, 0.5) is 11.4 Å². The zero-order valence-electron chi connectivity index (χ0n) is 17.3. The zero-order valence-corrected chi connectivity index (χ0v) is 17.3. The number of nitrogens with one attached hydrogen (secondary N) is 2. The molecule has 2 aromatic carbocycles. The summed E-state index contributed by atoms with van der Waals surface area (Å²) in [4.78, 5) is 0. The summed E-state index contributed by atoms with van der Waals surface area (Å²) in [5.74, 6) is 1.49. The maximum absolute atomic E-state index is 5.82. The van der Waals surface area contributed by atoms with Crippen LogP contribution in [0.25, 0.3) is 0 Å². The molecular formula is C24H36N2O. The van der Waals surface area contributed by atoms with Gasteiger partial charge in [0, 0.05) is 24.5 Å². The number of anilines is 2. The molecule has 2 N–H and O–H groups in total. The first-order valence-electron chi connectivity index (χ1n) is 10.5. The highest BCUT2D eigenvalue weighted by Crippen LogP contribution is 2.23. The normalized spacial score (nSPS) is 10.8. The number of hydrogen-bond donors (Lipinski definition) is 2. The van der Waals surface area contributed by atoms with Gasteiger partial charge in [-0.25, -0.2) is 0 Å². The van der Waals surface area contributed by atoms with Crippen molar-refractivity contribution in [2.24, 2.45) is 0 Å². The Morgan fingerprint density at radius 1 is 0.815 bits per heavy atom. The Kier molecular flexibility index (Phi) is 9.61. The van der Waals surface area contributed by atoms with Crippen molar-refractivity contribution < 1.29 is 4.74 Å². The second-order valence-corrected chi connectivity index (χ2v) is 7.38. The summed E-state index contributed by atoms with van der Waals surface area (Å²) < 4.78 is 5.82. The first-order valence-corrected chi connectivity index (χ1v) is 10.5. The van der Waals surface area contributed by atoms with Gasteiger partial charge < -0.3 is 15.4 Å². The first-order chi connectivity index (χ1) is 13.2. The van der Waals surface area contributed by atoms with Crippen LogP contribution in [0.3, 0.4) is 0 Å². The molecule has 3 heteroatoms. The minimum atomic E-state index is 0.529. The lowest BCUT2D eigenvalue weighted by Gasteiger charge is -2.15. The van der Waals surface area contributed by atoms with Gasteiger partial charge in [0.1, 0.15) is 5.75 Å². The van der Waals surface area contributed by atoms with Gasteiger partial charge >= 0.3 is 0 Å². The summed E-state index contributed by atoms with van der Waals surface area (Å²) in [6, 6.07) is 16.8. The Morgan fingerprint density at radius 2 is 1.52 bits per heavy atom. The van der Waals surface area contributed by atoms with Crippen molar-refractivity contribution in [1.82, 2.24) is 0 Å². The SMILES string of the molecule is CCCCCCCOc1ccc(NCCNc2ccccc2C(C)C)cc1. The van der Waals surface area contributed by atoms with Gasteiger partial charge in [-0.3, -0.25) is 0 Å². The third kappa shape index (κ3) is 7.94. The molecule has 0 heterocycles. The van der Waals surface area contributed by atoms with E-state index in [9.17, 15) is 0 Å². The summed E-state index contributed by atoms with van der Waals surface area (Å²) in [5.41, 5.74) is 3.73. The van der Waals surface area contributed by atoms with Gasteiger partial charge in [-0.15, -0.1) is 0 Å². The first kappa shape index (κ1) is 21.1. The lowest BCUT2D eigenvalue weighted by atomic mass is 10.0. The predicted molar refractivity (Wildman–Crippen MR) is 118 cm³/mol. The van der Waals surface area contributed by atoms with Crippen LogP contribution in [0.5, 0.6) is 5.75 Å². The van der Waals surface area contributed by atoms with E-state index in [0.717, 1.165) is 37.6 Å². The Morgan fingerprint density at radius 3 is 2.26 bits per heavy atom. The lowest BCUT2D eigenvalue weighted by molar-refractivity contribution is 0.304. The molecule has 0 saturated heterocycles. The van der Waals surface area contributed by atoms with Gasteiger partial charge in [-0.05, 0) is 48.2 Å². The summed E-state index contributed by atoms with van der Waals surface area (Å²) in [7, 11) is 0. The molecule has 3 nitrogen and oxygen atoms in total. The second kappa shape index (κ2) is 12.3. The third-order valence-electron chi connectivity index (χ3n) is 4.72. The van der Waals surface area contributed by atoms with Gasteiger partial charge in [-0.2, -0.15) is 0 Å². The second-order valence-electron chi connectivity index (χ2n) is 7.38. The molecule has 0 amide bonds. The fourth-order valence-electron chi connectivity index (χ4n) is 3.13. The van der Waals surface area contributed by atoms with Crippen LogP contribution < -0.4 is 15.4 Å². The van der Waals surface area contributed by atoms with Crippen molar-refractivity contribution in [3.8, 4) is 5.75 Å². The highest BCUT2D eigenvalue weighted by atomic mass is 16.5. The van der Waals surface area contributed by atoms with Gasteiger partial charge in [0.25, 0.3) is 0 Å². The molecule has 0 fully saturated rings. The van der Waals surface area contributed by atoms with Crippen molar-refractivity contribution in [2.45, 2.75) is 58.8 Å². The van der Waals surface area contributed by atoms with E-state index in [1.807, 2.05) is 0 Å². The molecule has 0 radical (unpaired) electrons. The van der Waals surface area contributed by atoms with E-state index in [1.54, 1.807) is 0 Å². The fourth-order valence-corrected chi connectivity index (χ4v) is 3.13. The molecule has 0 saturated carbocycles. The summed E-state index contributed by atoms with van der Waals surface area (Å²) >= 11 is 0. The Bertz CT molecular complexity index is 637. The molecule has 0 aliphatic heterocycles. The average Bonchev–Trinajstić information content (AvgIpc) is 2.69. The van der Waals surface area contributed by atoms with Crippen LogP contribution >= 0.6 is 0 Å². The maximum Gasteiger partial charge on any atom is 0.119 e. The van der Waals surface area contributed by atoms with Crippen molar-refractivity contribution in [1.29, 1.82) is 0 Å². The predicted octanol–water partition coefficient (Wildman–Crippen LogP) is 6.68. The molecule has 0 atom stereocenters. The molecule has 0 aromatic heterocycles. The quantitative estimate of drug-likeness (QED) is 0.387. The monoisotopic (exact) mass is 368 g/mol. The number of ether oxygens (including phenoxy) is 1. The van der Waals surface area contributed by atoms with E-state index >= 15 is 0 Å². The number of hydrogen-bond acceptors (Lipinski definition) is 3. The maximum atomic E-state index is 5.82. The number of para-hydroxylation sites is 1. The molecule has 0 bridgehead atoms. The number of benzene rings is 2. The van der Waals surface area contributed by atoms with Gasteiger partial charge in [0.05, 0.1) is 6.61 Å². The molecule has 2 aromatic rings. The smallest absolute Gasteiger partial charge is 0.119 e. The fraction of sp³-hybridized carbons (Fsp3) is 0.500. The molecule has 2 rings (SSSR count). The van der Waals surface area contributed by atoms with E-state index in [0.29, 0.717) is 5.92 Å². The van der Waals surface area contributed by atoms with E-state index in [4.69, 9.17) is 4.74 Å². The van der Waals surface area contributed by atoms with Crippen LogP contribution in [0.15, 0.2) is 48.5 Å². The summed E-state index contributed by atoms with van der Waals surface area (Å²) in [5, 5.41) is 7.00. The van der Waals surface area contributed by atoms with Crippen LogP contribution in [-0.2, 0) is 0 Å². The average molecular weight is 369 g/mol. The largest absolute Gasteiger partial charge is 0.494 e. The van der Waals surface area contributed by atoms with Crippen LogP contribution in [0.2, 0.25) is 0 Å². The minimum absolute atomic E-state index is 0.529. The van der Waals surface area contributed by atoms with E-state index < -0.39 is 0 Å². The molecule has 0 aliphatic carbocycles. The highest BCUT2D eigenvalue weighted by Gasteiger charge is 2.04. The summed E-state index contributed by atoms with van der Waals surface area (Å²) in [6.45, 7) is 9.29. The van der Waals surface area contributed by atoms with E-state index in [-0.39, 0.29) is 0 Å². The molecule has 0 aliphatic rings. The molecule has 148 valence electrons. The number of unbranched alkanes of at least 4 members (excludes halogenated alkanes) is 4. The molecular weight excluding hydrogens is 332 g/mol. The van der Waals surface area contributed by atoms with Crippen LogP contribution in [0, 0.1) is 0 Å². The Hall–Kier alpha value is -2.16. The van der Waals surface area contributed by atoms with E-state index in [2.05, 4.69) is 79.9 Å². The van der Waals surface area contributed by atoms with E-state index in [1.165, 1.54) is 36.9 Å². The molecule has 0 unspecified atom stereocenters. The van der Waals surface area contributed by atoms with Crippen molar-refractivity contribution in [3.05, 3.63) is 54.1 Å². The van der Waals surface area contributed by atoms with Gasteiger partial charge in [0.2, 0.25) is 0 Å². The molecule has 0 spiro atoms. The van der Waals surface area contributed by atoms with Gasteiger partial charge in [0.15, 0.2) is 0 Å². The summed E-state index contributed by atoms with van der Waals surface area (Å²) in [6.07, 6.45) is 6.34. The van der Waals surface area contributed by atoms with Crippen LogP contribution in [0.1, 0.15) is 64.4 Å². The minimum Gasteiger partial charge on any atom is -0.494 e. The molecule has 27 heavy (non-hydrogen) atoms. The zero-order chi connectivity index (χ0) is 19.3. The topological polar surface area (TPSA) is 33.3 Å². The third-order valence-corrected chi connectivity index (χ3v) is 4.72. The van der Waals surface area contributed by atoms with Gasteiger partial charge in [-0.1, -0.05) is 64.7 Å². The highest BCUT2D eigenvalue weighted by molar-refractivity contribution is 5.53.